The van der Waals surface area contributed by atoms with E-state index in [-0.39, 0.29) is 35.7 Å². The third kappa shape index (κ3) is 9.19. The number of aromatic nitrogens is 3. The van der Waals surface area contributed by atoms with Gasteiger partial charge in [0, 0.05) is 23.9 Å². The maximum absolute atomic E-state index is 14.5. The summed E-state index contributed by atoms with van der Waals surface area (Å²) >= 11 is 0. The predicted molar refractivity (Wildman–Crippen MR) is 223 cm³/mol. The third-order valence-electron chi connectivity index (χ3n) is 11.5. The van der Waals surface area contributed by atoms with Crippen LogP contribution in [0, 0.1) is 0 Å². The summed E-state index contributed by atoms with van der Waals surface area (Å²) in [5, 5.41) is 22.8. The summed E-state index contributed by atoms with van der Waals surface area (Å²) in [6.07, 6.45) is 0.689. The number of carbonyl (C=O) groups excluding carboxylic acids is 1. The SMILES string of the molecule is CN1C(C)(C)CC(OC(=O)Cn2c(=O)n(Cc3cc(C(C)(C)C)c(O)c(C(C)(C)C)c3)c(=O)n(Cc3cc(C(C)(C)C)c(O)c(C(C)(C)C)c3)c2=O)CC1(C)C. The predicted octanol–water partition coefficient (Wildman–Crippen LogP) is 7.06. The Balaban J connectivity index is 1.95. The number of nitrogens with zero attached hydrogens (tertiary/aromatic N) is 4. The molecule has 1 aliphatic rings. The second kappa shape index (κ2) is 14.7. The second-order valence-electron chi connectivity index (χ2n) is 21.4. The van der Waals surface area contributed by atoms with Crippen LogP contribution in [0.3, 0.4) is 0 Å². The molecular weight excluding hydrogens is 709 g/mol. The minimum atomic E-state index is -0.934. The van der Waals surface area contributed by atoms with Crippen molar-refractivity contribution in [2.24, 2.45) is 0 Å². The number of hydrogen-bond donors (Lipinski definition) is 2. The molecule has 0 atom stereocenters. The van der Waals surface area contributed by atoms with Gasteiger partial charge in [-0.25, -0.2) is 28.1 Å². The van der Waals surface area contributed by atoms with Gasteiger partial charge in [0.1, 0.15) is 24.1 Å². The lowest BCUT2D eigenvalue weighted by Gasteiger charge is -2.53. The van der Waals surface area contributed by atoms with Crippen molar-refractivity contribution in [3.05, 3.63) is 89.1 Å². The Kier molecular flexibility index (Phi) is 11.7. The molecule has 11 nitrogen and oxygen atoms in total. The van der Waals surface area contributed by atoms with Crippen molar-refractivity contribution in [1.82, 2.24) is 18.6 Å². The minimum absolute atomic E-state index is 0.156. The van der Waals surface area contributed by atoms with Gasteiger partial charge in [-0.2, -0.15) is 0 Å². The number of phenols is 2. The Morgan fingerprint density at radius 1 is 0.607 bits per heavy atom. The molecule has 56 heavy (non-hydrogen) atoms. The summed E-state index contributed by atoms with van der Waals surface area (Å²) in [6.45, 7) is 31.0. The highest BCUT2D eigenvalue weighted by Gasteiger charge is 2.44. The first-order chi connectivity index (χ1) is 25.2. The number of hydrogen-bond acceptors (Lipinski definition) is 8. The van der Waals surface area contributed by atoms with E-state index in [0.717, 1.165) is 13.7 Å². The standard InChI is InChI=1S/C45H68N4O7/c1-40(2,3)30-18-27(19-31(35(30)51)41(4,5)6)24-47-37(53)48(25-28-20-32(42(7,8)9)36(52)33(21-28)43(10,11)12)39(55)49(38(47)54)26-34(50)56-29-22-44(13,14)46(17)45(15,16)23-29/h18-21,29,51-52H,22-26H2,1-17H3. The van der Waals surface area contributed by atoms with Crippen LogP contribution in [0.25, 0.3) is 0 Å². The zero-order chi connectivity index (χ0) is 42.9. The van der Waals surface area contributed by atoms with E-state index < -0.39 is 57.3 Å². The molecule has 2 N–H and O–H groups in total. The lowest BCUT2D eigenvalue weighted by Crippen LogP contribution is -2.60. The fraction of sp³-hybridized carbons (Fsp3) is 0.644. The van der Waals surface area contributed by atoms with Gasteiger partial charge in [0.2, 0.25) is 0 Å². The summed E-state index contributed by atoms with van der Waals surface area (Å²) in [6, 6.07) is 7.16. The summed E-state index contributed by atoms with van der Waals surface area (Å²) in [4.78, 5) is 59.2. The monoisotopic (exact) mass is 777 g/mol. The molecule has 0 bridgehead atoms. The van der Waals surface area contributed by atoms with E-state index in [1.807, 2.05) is 83.1 Å². The van der Waals surface area contributed by atoms with E-state index in [2.05, 4.69) is 39.6 Å². The Morgan fingerprint density at radius 3 is 1.18 bits per heavy atom. The highest BCUT2D eigenvalue weighted by atomic mass is 16.5. The van der Waals surface area contributed by atoms with Crippen molar-refractivity contribution < 1.29 is 19.7 Å². The Labute approximate surface area is 333 Å². The van der Waals surface area contributed by atoms with E-state index >= 15 is 0 Å². The largest absolute Gasteiger partial charge is 0.507 e. The van der Waals surface area contributed by atoms with Gasteiger partial charge in [0.05, 0.1) is 13.1 Å². The normalized spacial score (nSPS) is 16.9. The van der Waals surface area contributed by atoms with Crippen molar-refractivity contribution in [3.63, 3.8) is 0 Å². The number of carbonyl (C=O) groups is 1. The van der Waals surface area contributed by atoms with Crippen molar-refractivity contribution in [1.29, 1.82) is 0 Å². The maximum atomic E-state index is 14.5. The molecule has 0 unspecified atom stereocenters. The van der Waals surface area contributed by atoms with Crippen molar-refractivity contribution >= 4 is 5.97 Å². The Hall–Kier alpha value is -4.12. The number of esters is 1. The van der Waals surface area contributed by atoms with E-state index in [4.69, 9.17) is 4.74 Å². The molecule has 11 heteroatoms. The van der Waals surface area contributed by atoms with Gasteiger partial charge >= 0.3 is 23.0 Å². The van der Waals surface area contributed by atoms with Gasteiger partial charge in [-0.1, -0.05) is 83.1 Å². The molecule has 1 saturated heterocycles. The molecule has 0 radical (unpaired) electrons. The van der Waals surface area contributed by atoms with Gasteiger partial charge in [0.25, 0.3) is 0 Å². The Bertz CT molecular complexity index is 1960. The summed E-state index contributed by atoms with van der Waals surface area (Å²) in [7, 11) is 2.05. The molecule has 1 aliphatic heterocycles. The molecule has 2 heterocycles. The number of piperidine rings is 1. The molecule has 1 fully saturated rings. The first-order valence-corrected chi connectivity index (χ1v) is 19.8. The van der Waals surface area contributed by atoms with Gasteiger partial charge < -0.3 is 14.9 Å². The molecule has 0 spiro atoms. The van der Waals surface area contributed by atoms with Gasteiger partial charge in [-0.15, -0.1) is 0 Å². The number of rotatable bonds is 7. The van der Waals surface area contributed by atoms with Crippen LogP contribution in [0.5, 0.6) is 11.5 Å². The number of likely N-dealkylation sites (tertiary alicyclic amines) is 1. The average Bonchev–Trinajstić information content (AvgIpc) is 3.01. The zero-order valence-corrected chi connectivity index (χ0v) is 37.1. The summed E-state index contributed by atoms with van der Waals surface area (Å²) in [5.41, 5.74) is -1.35. The molecule has 3 aromatic rings. The van der Waals surface area contributed by atoms with Crippen LogP contribution in [0.1, 0.15) is 157 Å². The number of aromatic hydroxyl groups is 2. The quantitative estimate of drug-likeness (QED) is 0.244. The van der Waals surface area contributed by atoms with Crippen molar-refractivity contribution in [2.45, 2.75) is 182 Å². The van der Waals surface area contributed by atoms with E-state index in [0.29, 0.717) is 46.2 Å². The van der Waals surface area contributed by atoms with Crippen molar-refractivity contribution in [3.8, 4) is 11.5 Å². The lowest BCUT2D eigenvalue weighted by molar-refractivity contribution is -0.159. The summed E-state index contributed by atoms with van der Waals surface area (Å²) < 4.78 is 8.75. The van der Waals surface area contributed by atoms with Crippen LogP contribution >= 0.6 is 0 Å². The van der Waals surface area contributed by atoms with Crippen LogP contribution in [-0.4, -0.2) is 59.0 Å². The van der Waals surface area contributed by atoms with Crippen LogP contribution in [0.2, 0.25) is 0 Å². The zero-order valence-electron chi connectivity index (χ0n) is 37.1. The second-order valence-corrected chi connectivity index (χ2v) is 21.4. The lowest BCUT2D eigenvalue weighted by atomic mass is 9.78. The molecular formula is C45H68N4O7. The molecule has 2 aromatic carbocycles. The maximum Gasteiger partial charge on any atom is 0.337 e. The van der Waals surface area contributed by atoms with Gasteiger partial charge in [-0.05, 0) is 114 Å². The smallest absolute Gasteiger partial charge is 0.337 e. The van der Waals surface area contributed by atoms with Crippen LogP contribution in [0.15, 0.2) is 38.6 Å². The highest BCUT2D eigenvalue weighted by Crippen LogP contribution is 2.42. The van der Waals surface area contributed by atoms with E-state index in [1.54, 1.807) is 24.3 Å². The molecule has 0 amide bonds. The van der Waals surface area contributed by atoms with E-state index in [1.165, 1.54) is 0 Å². The minimum Gasteiger partial charge on any atom is -0.507 e. The molecule has 0 saturated carbocycles. The van der Waals surface area contributed by atoms with Crippen LogP contribution in [-0.2, 0) is 50.8 Å². The molecule has 4 rings (SSSR count). The number of phenolic OH excluding ortho intramolecular Hbond substituents is 2. The molecule has 0 aliphatic carbocycles. The average molecular weight is 777 g/mol. The Morgan fingerprint density at radius 2 is 0.893 bits per heavy atom. The van der Waals surface area contributed by atoms with Gasteiger partial charge in [-0.3, -0.25) is 9.69 Å². The number of ether oxygens (including phenoxy) is 1. The van der Waals surface area contributed by atoms with Crippen molar-refractivity contribution in [2.75, 3.05) is 7.05 Å². The third-order valence-corrected chi connectivity index (χ3v) is 11.5. The van der Waals surface area contributed by atoms with Gasteiger partial charge in [0.15, 0.2) is 0 Å². The molecule has 1 aromatic heterocycles. The van der Waals surface area contributed by atoms with E-state index in [9.17, 15) is 29.4 Å². The molecule has 310 valence electrons. The fourth-order valence-corrected chi connectivity index (χ4v) is 8.03. The first kappa shape index (κ1) is 44.6. The topological polar surface area (TPSA) is 136 Å². The first-order valence-electron chi connectivity index (χ1n) is 19.8. The highest BCUT2D eigenvalue weighted by molar-refractivity contribution is 5.69. The van der Waals surface area contributed by atoms with Crippen LogP contribution in [0.4, 0.5) is 0 Å². The number of benzene rings is 2. The fourth-order valence-electron chi connectivity index (χ4n) is 8.03. The summed E-state index contributed by atoms with van der Waals surface area (Å²) in [5.74, 6) is -0.433. The van der Waals surface area contributed by atoms with Crippen LogP contribution < -0.4 is 17.1 Å².